The first-order chi connectivity index (χ1) is 36.0. The lowest BCUT2D eigenvalue weighted by Crippen LogP contribution is -2.30. The molecule has 6 nitrogen and oxygen atoms in total. The van der Waals surface area contributed by atoms with Crippen LogP contribution in [0.15, 0.2) is 24.3 Å². The summed E-state index contributed by atoms with van der Waals surface area (Å²) in [6.45, 7) is 6.68. The molecule has 0 saturated heterocycles. The van der Waals surface area contributed by atoms with Crippen LogP contribution in [0.1, 0.15) is 367 Å². The molecule has 0 aliphatic heterocycles. The Hall–Kier alpha value is -2.11. The van der Waals surface area contributed by atoms with Crippen molar-refractivity contribution in [3.8, 4) is 0 Å². The van der Waals surface area contributed by atoms with E-state index < -0.39 is 6.10 Å². The van der Waals surface area contributed by atoms with E-state index in [9.17, 15) is 14.4 Å². The van der Waals surface area contributed by atoms with Crippen LogP contribution in [0.25, 0.3) is 0 Å². The minimum absolute atomic E-state index is 0.0724. The molecule has 0 aromatic heterocycles. The standard InChI is InChI=1S/C67H126O6/c1-4-7-10-13-16-19-22-25-28-29-30-31-32-33-34-35-36-37-38-40-42-45-48-51-54-57-60-66(69)72-63-64(62-71-65(68)59-56-53-50-47-44-41-27-24-21-18-15-12-9-6-3)73-67(70)61-58-55-52-49-46-43-39-26-23-20-17-14-11-8-5-2/h24,26-27,39,64H,4-23,25,28-38,40-63H2,1-3H3/b27-24-,39-26-. The van der Waals surface area contributed by atoms with Gasteiger partial charge in [-0.25, -0.2) is 0 Å². The van der Waals surface area contributed by atoms with Gasteiger partial charge in [0.2, 0.25) is 0 Å². The summed E-state index contributed by atoms with van der Waals surface area (Å²) < 4.78 is 16.9. The average Bonchev–Trinajstić information content (AvgIpc) is 3.39. The Kier molecular flexibility index (Phi) is 60.6. The molecule has 0 heterocycles. The second-order valence-corrected chi connectivity index (χ2v) is 22.4. The first-order valence-corrected chi connectivity index (χ1v) is 32.8. The van der Waals surface area contributed by atoms with Gasteiger partial charge >= 0.3 is 17.9 Å². The third-order valence-corrected chi connectivity index (χ3v) is 14.9. The number of hydrogen-bond donors (Lipinski definition) is 0. The van der Waals surface area contributed by atoms with Gasteiger partial charge in [0, 0.05) is 19.3 Å². The van der Waals surface area contributed by atoms with Gasteiger partial charge in [0.1, 0.15) is 13.2 Å². The predicted molar refractivity (Wildman–Crippen MR) is 316 cm³/mol. The van der Waals surface area contributed by atoms with Gasteiger partial charge in [0.15, 0.2) is 6.10 Å². The van der Waals surface area contributed by atoms with E-state index >= 15 is 0 Å². The van der Waals surface area contributed by atoms with E-state index in [4.69, 9.17) is 14.2 Å². The first-order valence-electron chi connectivity index (χ1n) is 32.8. The highest BCUT2D eigenvalue weighted by Crippen LogP contribution is 2.18. The van der Waals surface area contributed by atoms with Crippen LogP contribution in [-0.2, 0) is 28.6 Å². The van der Waals surface area contributed by atoms with Crippen LogP contribution in [0, 0.1) is 0 Å². The Bertz CT molecular complexity index is 1180. The van der Waals surface area contributed by atoms with Crippen LogP contribution >= 0.6 is 0 Å². The Morgan fingerprint density at radius 1 is 0.260 bits per heavy atom. The summed E-state index contributed by atoms with van der Waals surface area (Å²) in [4.78, 5) is 38.3. The van der Waals surface area contributed by atoms with Crippen molar-refractivity contribution in [2.75, 3.05) is 13.2 Å². The fourth-order valence-electron chi connectivity index (χ4n) is 9.97. The number of ether oxygens (including phenoxy) is 3. The molecule has 1 atom stereocenters. The summed E-state index contributed by atoms with van der Waals surface area (Å²) in [5, 5.41) is 0. The Morgan fingerprint density at radius 2 is 0.452 bits per heavy atom. The summed E-state index contributed by atoms with van der Waals surface area (Å²) in [6, 6.07) is 0. The molecule has 73 heavy (non-hydrogen) atoms. The maximum atomic E-state index is 12.9. The zero-order valence-corrected chi connectivity index (χ0v) is 49.4. The average molecular weight is 1030 g/mol. The smallest absolute Gasteiger partial charge is 0.306 e. The highest BCUT2D eigenvalue weighted by molar-refractivity contribution is 5.71. The first kappa shape index (κ1) is 70.9. The zero-order valence-electron chi connectivity index (χ0n) is 49.4. The third-order valence-electron chi connectivity index (χ3n) is 14.9. The van der Waals surface area contributed by atoms with Crippen LogP contribution < -0.4 is 0 Å². The topological polar surface area (TPSA) is 78.9 Å². The van der Waals surface area contributed by atoms with Crippen LogP contribution in [-0.4, -0.2) is 37.2 Å². The van der Waals surface area contributed by atoms with Gasteiger partial charge in [-0.3, -0.25) is 14.4 Å². The molecule has 6 heteroatoms. The lowest BCUT2D eigenvalue weighted by atomic mass is 10.0. The molecule has 0 amide bonds. The minimum atomic E-state index is -0.776. The van der Waals surface area contributed by atoms with Crippen molar-refractivity contribution in [1.29, 1.82) is 0 Å². The second kappa shape index (κ2) is 62.4. The van der Waals surface area contributed by atoms with Gasteiger partial charge in [0.05, 0.1) is 0 Å². The molecule has 0 aromatic carbocycles. The van der Waals surface area contributed by atoms with Crippen LogP contribution in [0.5, 0.6) is 0 Å². The van der Waals surface area contributed by atoms with Crippen molar-refractivity contribution in [2.45, 2.75) is 374 Å². The summed E-state index contributed by atoms with van der Waals surface area (Å²) >= 11 is 0. The maximum absolute atomic E-state index is 12.9. The van der Waals surface area contributed by atoms with E-state index in [2.05, 4.69) is 45.1 Å². The molecule has 0 bridgehead atoms. The molecule has 0 spiro atoms. The molecule has 0 fully saturated rings. The highest BCUT2D eigenvalue weighted by Gasteiger charge is 2.19. The molecule has 0 saturated carbocycles. The van der Waals surface area contributed by atoms with Gasteiger partial charge < -0.3 is 14.2 Å². The Balaban J connectivity index is 4.21. The van der Waals surface area contributed by atoms with Crippen molar-refractivity contribution in [3.05, 3.63) is 24.3 Å². The Morgan fingerprint density at radius 3 is 0.685 bits per heavy atom. The summed E-state index contributed by atoms with van der Waals surface area (Å²) in [5.74, 6) is -0.865. The fraction of sp³-hybridized carbons (Fsp3) is 0.896. The maximum Gasteiger partial charge on any atom is 0.306 e. The van der Waals surface area contributed by atoms with Gasteiger partial charge in [0.25, 0.3) is 0 Å². The van der Waals surface area contributed by atoms with E-state index in [1.165, 1.54) is 257 Å². The summed E-state index contributed by atoms with van der Waals surface area (Å²) in [7, 11) is 0. The third kappa shape index (κ3) is 60.6. The number of carbonyl (C=O) groups is 3. The number of unbranched alkanes of at least 4 members (excludes halogenated alkanes) is 46. The Labute approximate surface area is 455 Å². The normalized spacial score (nSPS) is 12.1. The van der Waals surface area contributed by atoms with Gasteiger partial charge in [-0.1, -0.05) is 302 Å². The summed E-state index contributed by atoms with van der Waals surface area (Å²) in [6.07, 6.45) is 74.8. The largest absolute Gasteiger partial charge is 0.462 e. The molecule has 430 valence electrons. The minimum Gasteiger partial charge on any atom is -0.462 e. The van der Waals surface area contributed by atoms with Crippen molar-refractivity contribution in [2.24, 2.45) is 0 Å². The fourth-order valence-corrected chi connectivity index (χ4v) is 9.97. The van der Waals surface area contributed by atoms with Crippen molar-refractivity contribution in [3.63, 3.8) is 0 Å². The van der Waals surface area contributed by atoms with Gasteiger partial charge in [-0.2, -0.15) is 0 Å². The molecular weight excluding hydrogens is 901 g/mol. The van der Waals surface area contributed by atoms with E-state index in [1.54, 1.807) is 0 Å². The SMILES string of the molecule is CCCCCCC/C=C\CCCCCCCC(=O)OCC(COC(=O)CCCCCCCCCCCCCCCCCCCCCCCCCCCC)OC(=O)CCCCCCC/C=C\CCCCCCCC. The van der Waals surface area contributed by atoms with Crippen molar-refractivity contribution < 1.29 is 28.6 Å². The molecule has 0 aromatic rings. The van der Waals surface area contributed by atoms with E-state index in [0.29, 0.717) is 19.3 Å². The van der Waals surface area contributed by atoms with E-state index in [-0.39, 0.29) is 31.1 Å². The van der Waals surface area contributed by atoms with Gasteiger partial charge in [-0.05, 0) is 70.6 Å². The predicted octanol–water partition coefficient (Wildman–Crippen LogP) is 22.2. The van der Waals surface area contributed by atoms with Crippen LogP contribution in [0.3, 0.4) is 0 Å². The number of carbonyl (C=O) groups excluding carboxylic acids is 3. The van der Waals surface area contributed by atoms with Crippen LogP contribution in [0.4, 0.5) is 0 Å². The number of rotatable bonds is 61. The number of allylic oxidation sites excluding steroid dienone is 4. The lowest BCUT2D eigenvalue weighted by molar-refractivity contribution is -0.167. The molecule has 0 aliphatic rings. The lowest BCUT2D eigenvalue weighted by Gasteiger charge is -2.18. The van der Waals surface area contributed by atoms with Crippen molar-refractivity contribution >= 4 is 17.9 Å². The van der Waals surface area contributed by atoms with Crippen molar-refractivity contribution in [1.82, 2.24) is 0 Å². The molecule has 0 rings (SSSR count). The second-order valence-electron chi connectivity index (χ2n) is 22.4. The molecular formula is C67H126O6. The quantitative estimate of drug-likeness (QED) is 0.0261. The van der Waals surface area contributed by atoms with Crippen LogP contribution in [0.2, 0.25) is 0 Å². The monoisotopic (exact) mass is 1030 g/mol. The molecule has 1 unspecified atom stereocenters. The van der Waals surface area contributed by atoms with E-state index in [0.717, 1.165) is 70.6 Å². The highest BCUT2D eigenvalue weighted by atomic mass is 16.6. The van der Waals surface area contributed by atoms with E-state index in [1.807, 2.05) is 0 Å². The van der Waals surface area contributed by atoms with Gasteiger partial charge in [-0.15, -0.1) is 0 Å². The molecule has 0 N–H and O–H groups in total. The number of esters is 3. The molecule has 0 aliphatic carbocycles. The zero-order chi connectivity index (χ0) is 52.9. The summed E-state index contributed by atoms with van der Waals surface area (Å²) in [5.41, 5.74) is 0. The molecule has 0 radical (unpaired) electrons. The number of hydrogen-bond acceptors (Lipinski definition) is 6.